The van der Waals surface area contributed by atoms with Crippen LogP contribution in [0.5, 0.6) is 0 Å². The molecule has 0 aliphatic rings. The maximum absolute atomic E-state index is 6.08. The Balaban J connectivity index is 2.04. The Kier molecular flexibility index (Phi) is 3.59. The number of hydrogen-bond acceptors (Lipinski definition) is 3. The Morgan fingerprint density at radius 1 is 1.29 bits per heavy atom. The molecule has 0 saturated heterocycles. The van der Waals surface area contributed by atoms with Crippen molar-refractivity contribution in [1.82, 2.24) is 4.98 Å². The average molecular weight is 230 g/mol. The second-order valence-electron chi connectivity index (χ2n) is 4.27. The van der Waals surface area contributed by atoms with Gasteiger partial charge in [-0.3, -0.25) is 4.98 Å². The van der Waals surface area contributed by atoms with E-state index in [1.807, 2.05) is 31.3 Å². The summed E-state index contributed by atoms with van der Waals surface area (Å²) in [6, 6.07) is 7.88. The summed E-state index contributed by atoms with van der Waals surface area (Å²) in [6.07, 6.45) is 3.63. The quantitative estimate of drug-likeness (QED) is 0.878. The highest BCUT2D eigenvalue weighted by atomic mass is 16.3. The molecule has 0 aliphatic heterocycles. The summed E-state index contributed by atoms with van der Waals surface area (Å²) in [5, 5.41) is 0. The van der Waals surface area contributed by atoms with Crippen LogP contribution in [0.3, 0.4) is 0 Å². The lowest BCUT2D eigenvalue weighted by atomic mass is 10.1. The number of pyridine rings is 1. The first-order valence-corrected chi connectivity index (χ1v) is 5.94. The normalized spacial score (nSPS) is 12.6. The monoisotopic (exact) mass is 230 g/mol. The van der Waals surface area contributed by atoms with Crippen molar-refractivity contribution < 1.29 is 4.42 Å². The standard InChI is InChI=1S/C14H18N2O/c1-3-11-5-6-12(16-9-11)8-13(15)14-7-4-10(2)17-14/h4-7,9,13H,3,8,15H2,1-2H3. The Morgan fingerprint density at radius 3 is 2.65 bits per heavy atom. The minimum Gasteiger partial charge on any atom is -0.465 e. The number of aryl methyl sites for hydroxylation is 2. The van der Waals surface area contributed by atoms with E-state index in [-0.39, 0.29) is 6.04 Å². The van der Waals surface area contributed by atoms with Crippen LogP contribution >= 0.6 is 0 Å². The lowest BCUT2D eigenvalue weighted by Crippen LogP contribution is -2.13. The van der Waals surface area contributed by atoms with E-state index < -0.39 is 0 Å². The average Bonchev–Trinajstić information content (AvgIpc) is 2.77. The van der Waals surface area contributed by atoms with Gasteiger partial charge >= 0.3 is 0 Å². The van der Waals surface area contributed by atoms with Gasteiger partial charge < -0.3 is 10.2 Å². The van der Waals surface area contributed by atoms with Crippen LogP contribution in [0.4, 0.5) is 0 Å². The molecule has 0 spiro atoms. The number of nitrogens with two attached hydrogens (primary N) is 1. The van der Waals surface area contributed by atoms with Gasteiger partial charge in [0, 0.05) is 18.3 Å². The Morgan fingerprint density at radius 2 is 2.12 bits per heavy atom. The van der Waals surface area contributed by atoms with E-state index in [0.717, 1.165) is 23.6 Å². The van der Waals surface area contributed by atoms with Crippen LogP contribution in [-0.2, 0) is 12.8 Å². The molecule has 2 aromatic rings. The molecule has 0 saturated carbocycles. The summed E-state index contributed by atoms with van der Waals surface area (Å²) in [4.78, 5) is 4.40. The molecule has 2 rings (SSSR count). The first-order chi connectivity index (χ1) is 8.19. The zero-order chi connectivity index (χ0) is 12.3. The third-order valence-electron chi connectivity index (χ3n) is 2.85. The lowest BCUT2D eigenvalue weighted by Gasteiger charge is -2.08. The summed E-state index contributed by atoms with van der Waals surface area (Å²) < 4.78 is 5.51. The molecule has 2 aromatic heterocycles. The Hall–Kier alpha value is -1.61. The van der Waals surface area contributed by atoms with Crippen molar-refractivity contribution >= 4 is 0 Å². The second-order valence-corrected chi connectivity index (χ2v) is 4.27. The predicted molar refractivity (Wildman–Crippen MR) is 67.7 cm³/mol. The summed E-state index contributed by atoms with van der Waals surface area (Å²) in [5.41, 5.74) is 8.33. The number of rotatable bonds is 4. The lowest BCUT2D eigenvalue weighted by molar-refractivity contribution is 0.443. The molecule has 1 atom stereocenters. The first kappa shape index (κ1) is 11.9. The smallest absolute Gasteiger partial charge is 0.121 e. The predicted octanol–water partition coefficient (Wildman–Crippen LogP) is 2.79. The molecule has 0 aromatic carbocycles. The molecule has 0 bridgehead atoms. The van der Waals surface area contributed by atoms with E-state index in [0.29, 0.717) is 6.42 Å². The molecule has 0 fully saturated rings. The highest BCUT2D eigenvalue weighted by Gasteiger charge is 2.11. The van der Waals surface area contributed by atoms with E-state index >= 15 is 0 Å². The molecule has 2 N–H and O–H groups in total. The molecule has 2 heterocycles. The number of aromatic nitrogens is 1. The molecule has 1 unspecified atom stereocenters. The van der Waals surface area contributed by atoms with Crippen molar-refractivity contribution in [1.29, 1.82) is 0 Å². The Bertz CT molecular complexity index is 473. The van der Waals surface area contributed by atoms with E-state index in [1.165, 1.54) is 5.56 Å². The molecule has 0 aliphatic carbocycles. The third kappa shape index (κ3) is 2.94. The molecule has 3 heteroatoms. The van der Waals surface area contributed by atoms with Gasteiger partial charge in [0.1, 0.15) is 11.5 Å². The number of hydrogen-bond donors (Lipinski definition) is 1. The fourth-order valence-electron chi connectivity index (χ4n) is 1.76. The topological polar surface area (TPSA) is 52.0 Å². The SMILES string of the molecule is CCc1ccc(CC(N)c2ccc(C)o2)nc1. The molecular formula is C14H18N2O. The summed E-state index contributed by atoms with van der Waals surface area (Å²) in [7, 11) is 0. The number of nitrogens with zero attached hydrogens (tertiary/aromatic N) is 1. The van der Waals surface area contributed by atoms with Crippen molar-refractivity contribution in [3.63, 3.8) is 0 Å². The maximum atomic E-state index is 6.08. The first-order valence-electron chi connectivity index (χ1n) is 5.94. The molecule has 3 nitrogen and oxygen atoms in total. The van der Waals surface area contributed by atoms with Crippen molar-refractivity contribution in [2.45, 2.75) is 32.7 Å². The fourth-order valence-corrected chi connectivity index (χ4v) is 1.76. The summed E-state index contributed by atoms with van der Waals surface area (Å²) >= 11 is 0. The van der Waals surface area contributed by atoms with Gasteiger partial charge in [0.25, 0.3) is 0 Å². The van der Waals surface area contributed by atoms with Crippen LogP contribution in [0.25, 0.3) is 0 Å². The van der Waals surface area contributed by atoms with Crippen LogP contribution in [0.2, 0.25) is 0 Å². The van der Waals surface area contributed by atoms with Crippen LogP contribution in [0, 0.1) is 6.92 Å². The van der Waals surface area contributed by atoms with Crippen molar-refractivity contribution in [2.75, 3.05) is 0 Å². The van der Waals surface area contributed by atoms with Gasteiger partial charge in [-0.25, -0.2) is 0 Å². The largest absolute Gasteiger partial charge is 0.465 e. The molecule has 90 valence electrons. The molecule has 0 amide bonds. The van der Waals surface area contributed by atoms with Gasteiger partial charge in [0.15, 0.2) is 0 Å². The third-order valence-corrected chi connectivity index (χ3v) is 2.85. The maximum Gasteiger partial charge on any atom is 0.121 e. The minimum atomic E-state index is -0.122. The van der Waals surface area contributed by atoms with E-state index in [1.54, 1.807) is 0 Å². The van der Waals surface area contributed by atoms with Crippen molar-refractivity contribution in [3.8, 4) is 0 Å². The van der Waals surface area contributed by atoms with Crippen LogP contribution < -0.4 is 5.73 Å². The van der Waals surface area contributed by atoms with Gasteiger partial charge in [0.05, 0.1) is 6.04 Å². The van der Waals surface area contributed by atoms with E-state index in [4.69, 9.17) is 10.2 Å². The summed E-state index contributed by atoms with van der Waals surface area (Å²) in [5.74, 6) is 1.72. The van der Waals surface area contributed by atoms with Gasteiger partial charge in [-0.2, -0.15) is 0 Å². The summed E-state index contributed by atoms with van der Waals surface area (Å²) in [6.45, 7) is 4.04. The van der Waals surface area contributed by atoms with Gasteiger partial charge in [-0.05, 0) is 37.1 Å². The molecular weight excluding hydrogens is 212 g/mol. The zero-order valence-corrected chi connectivity index (χ0v) is 10.3. The van der Waals surface area contributed by atoms with Crippen molar-refractivity contribution in [3.05, 3.63) is 53.2 Å². The van der Waals surface area contributed by atoms with Crippen LogP contribution in [0.1, 0.15) is 35.7 Å². The highest BCUT2D eigenvalue weighted by Crippen LogP contribution is 2.17. The molecule has 17 heavy (non-hydrogen) atoms. The van der Waals surface area contributed by atoms with Gasteiger partial charge in [-0.15, -0.1) is 0 Å². The van der Waals surface area contributed by atoms with Gasteiger partial charge in [0.2, 0.25) is 0 Å². The van der Waals surface area contributed by atoms with Crippen molar-refractivity contribution in [2.24, 2.45) is 5.73 Å². The van der Waals surface area contributed by atoms with E-state index in [9.17, 15) is 0 Å². The van der Waals surface area contributed by atoms with E-state index in [2.05, 4.69) is 18.0 Å². The highest BCUT2D eigenvalue weighted by molar-refractivity contribution is 5.17. The minimum absolute atomic E-state index is 0.122. The zero-order valence-electron chi connectivity index (χ0n) is 10.3. The number of furan rings is 1. The van der Waals surface area contributed by atoms with Crippen LogP contribution in [-0.4, -0.2) is 4.98 Å². The fraction of sp³-hybridized carbons (Fsp3) is 0.357. The molecule has 0 radical (unpaired) electrons. The Labute approximate surface area is 102 Å². The second kappa shape index (κ2) is 5.15. The van der Waals surface area contributed by atoms with Gasteiger partial charge in [-0.1, -0.05) is 13.0 Å². The van der Waals surface area contributed by atoms with Crippen LogP contribution in [0.15, 0.2) is 34.9 Å².